The third-order valence-corrected chi connectivity index (χ3v) is 2.49. The van der Waals surface area contributed by atoms with Gasteiger partial charge in [-0.1, -0.05) is 18.5 Å². The first-order chi connectivity index (χ1) is 8.20. The number of hydrogen-bond acceptors (Lipinski definition) is 4. The summed E-state index contributed by atoms with van der Waals surface area (Å²) in [5, 5.41) is 8.00. The summed E-state index contributed by atoms with van der Waals surface area (Å²) in [6.07, 6.45) is 5.14. The van der Waals surface area contributed by atoms with Crippen molar-refractivity contribution in [3.63, 3.8) is 0 Å². The van der Waals surface area contributed by atoms with Crippen LogP contribution < -0.4 is 5.32 Å². The summed E-state index contributed by atoms with van der Waals surface area (Å²) in [7, 11) is 0. The van der Waals surface area contributed by atoms with Crippen molar-refractivity contribution in [2.45, 2.75) is 20.4 Å². The lowest BCUT2D eigenvalue weighted by Crippen LogP contribution is -2.16. The lowest BCUT2D eigenvalue weighted by atomic mass is 10.3. The van der Waals surface area contributed by atoms with Crippen molar-refractivity contribution in [2.75, 3.05) is 6.54 Å². The Labute approximate surface area is 105 Å². The molecule has 0 saturated carbocycles. The van der Waals surface area contributed by atoms with Crippen molar-refractivity contribution in [3.8, 4) is 5.82 Å². The molecule has 0 unspecified atom stereocenters. The molecule has 2 aromatic heterocycles. The summed E-state index contributed by atoms with van der Waals surface area (Å²) >= 11 is 5.86. The second-order valence-electron chi connectivity index (χ2n) is 3.65. The molecule has 6 heteroatoms. The second kappa shape index (κ2) is 5.25. The predicted molar refractivity (Wildman–Crippen MR) is 66.3 cm³/mol. The molecule has 1 N–H and O–H groups in total. The van der Waals surface area contributed by atoms with E-state index in [0.717, 1.165) is 17.9 Å². The van der Waals surface area contributed by atoms with Crippen molar-refractivity contribution in [1.29, 1.82) is 0 Å². The van der Waals surface area contributed by atoms with E-state index in [-0.39, 0.29) is 0 Å². The highest BCUT2D eigenvalue weighted by Crippen LogP contribution is 2.13. The van der Waals surface area contributed by atoms with E-state index in [9.17, 15) is 0 Å². The second-order valence-corrected chi connectivity index (χ2v) is 4.09. The molecule has 0 spiro atoms. The van der Waals surface area contributed by atoms with Gasteiger partial charge in [0, 0.05) is 18.3 Å². The van der Waals surface area contributed by atoms with Gasteiger partial charge in [-0.3, -0.25) is 0 Å². The zero-order chi connectivity index (χ0) is 12.3. The molecule has 0 bridgehead atoms. The van der Waals surface area contributed by atoms with E-state index in [1.54, 1.807) is 17.1 Å². The van der Waals surface area contributed by atoms with Crippen LogP contribution in [0.2, 0.25) is 5.02 Å². The molecular weight excluding hydrogens is 238 g/mol. The average Bonchev–Trinajstić information content (AvgIpc) is 2.74. The van der Waals surface area contributed by atoms with Gasteiger partial charge in [0.15, 0.2) is 5.82 Å². The van der Waals surface area contributed by atoms with Crippen LogP contribution in [0.5, 0.6) is 0 Å². The molecule has 0 aliphatic heterocycles. The molecule has 0 aliphatic rings. The van der Waals surface area contributed by atoms with Crippen LogP contribution in [0.15, 0.2) is 18.6 Å². The number of nitrogens with one attached hydrogen (secondary N) is 1. The molecule has 2 aromatic rings. The van der Waals surface area contributed by atoms with Gasteiger partial charge in [-0.15, -0.1) is 0 Å². The highest BCUT2D eigenvalue weighted by atomic mass is 35.5. The zero-order valence-corrected chi connectivity index (χ0v) is 10.6. The molecule has 0 atom stereocenters. The first-order valence-electron chi connectivity index (χ1n) is 5.44. The molecular formula is C11H14ClN5. The highest BCUT2D eigenvalue weighted by Gasteiger charge is 2.08. The lowest BCUT2D eigenvalue weighted by Gasteiger charge is -2.09. The Bertz CT molecular complexity index is 508. The molecule has 0 saturated heterocycles. The van der Waals surface area contributed by atoms with Gasteiger partial charge < -0.3 is 5.32 Å². The zero-order valence-electron chi connectivity index (χ0n) is 9.81. The van der Waals surface area contributed by atoms with E-state index in [1.807, 2.05) is 13.1 Å². The number of aromatic nitrogens is 4. The third-order valence-electron chi connectivity index (χ3n) is 2.30. The fraction of sp³-hybridized carbons (Fsp3) is 0.364. The van der Waals surface area contributed by atoms with E-state index >= 15 is 0 Å². The summed E-state index contributed by atoms with van der Waals surface area (Å²) in [6.45, 7) is 5.52. The Morgan fingerprint density at radius 3 is 2.88 bits per heavy atom. The molecule has 0 aliphatic carbocycles. The number of halogens is 1. The standard InChI is InChI=1S/C11H14ClN5/c1-3-13-4-9-5-14-8(2)16-11(9)17-7-10(12)6-15-17/h5-7,13H,3-4H2,1-2H3. The van der Waals surface area contributed by atoms with Gasteiger partial charge >= 0.3 is 0 Å². The molecule has 90 valence electrons. The van der Waals surface area contributed by atoms with E-state index in [4.69, 9.17) is 11.6 Å². The largest absolute Gasteiger partial charge is 0.313 e. The Morgan fingerprint density at radius 2 is 2.24 bits per heavy atom. The highest BCUT2D eigenvalue weighted by molar-refractivity contribution is 6.30. The fourth-order valence-corrected chi connectivity index (χ4v) is 1.62. The number of hydrogen-bond donors (Lipinski definition) is 1. The quantitative estimate of drug-likeness (QED) is 0.899. The maximum Gasteiger partial charge on any atom is 0.161 e. The van der Waals surface area contributed by atoms with Crippen LogP contribution in [-0.2, 0) is 6.54 Å². The normalized spacial score (nSPS) is 10.8. The average molecular weight is 252 g/mol. The van der Waals surface area contributed by atoms with Crippen LogP contribution in [0.1, 0.15) is 18.3 Å². The monoisotopic (exact) mass is 251 g/mol. The van der Waals surface area contributed by atoms with Crippen LogP contribution >= 0.6 is 11.6 Å². The minimum absolute atomic E-state index is 0.593. The Balaban J connectivity index is 2.39. The molecule has 2 rings (SSSR count). The van der Waals surface area contributed by atoms with Gasteiger partial charge in [0.1, 0.15) is 5.82 Å². The molecule has 2 heterocycles. The minimum Gasteiger partial charge on any atom is -0.313 e. The van der Waals surface area contributed by atoms with Gasteiger partial charge in [0.25, 0.3) is 0 Å². The lowest BCUT2D eigenvalue weighted by molar-refractivity contribution is 0.702. The van der Waals surface area contributed by atoms with E-state index in [1.165, 1.54) is 0 Å². The summed E-state index contributed by atoms with van der Waals surface area (Å²) < 4.78 is 1.67. The van der Waals surface area contributed by atoms with Gasteiger partial charge in [0.05, 0.1) is 17.4 Å². The Hall–Kier alpha value is -1.46. The van der Waals surface area contributed by atoms with Gasteiger partial charge in [-0.05, 0) is 13.5 Å². The van der Waals surface area contributed by atoms with Crippen LogP contribution in [0.25, 0.3) is 5.82 Å². The number of rotatable bonds is 4. The van der Waals surface area contributed by atoms with Gasteiger partial charge in [-0.25, -0.2) is 14.6 Å². The number of nitrogens with zero attached hydrogens (tertiary/aromatic N) is 4. The van der Waals surface area contributed by atoms with E-state index in [2.05, 4.69) is 27.3 Å². The summed E-state index contributed by atoms with van der Waals surface area (Å²) in [6, 6.07) is 0. The van der Waals surface area contributed by atoms with E-state index in [0.29, 0.717) is 17.4 Å². The predicted octanol–water partition coefficient (Wildman–Crippen LogP) is 1.73. The fourth-order valence-electron chi connectivity index (χ4n) is 1.48. The van der Waals surface area contributed by atoms with Crippen LogP contribution in [0, 0.1) is 6.92 Å². The topological polar surface area (TPSA) is 55.6 Å². The van der Waals surface area contributed by atoms with Crippen LogP contribution in [0.4, 0.5) is 0 Å². The number of aryl methyl sites for hydroxylation is 1. The van der Waals surface area contributed by atoms with Crippen molar-refractivity contribution in [2.24, 2.45) is 0 Å². The molecule has 0 amide bonds. The molecule has 5 nitrogen and oxygen atoms in total. The summed E-state index contributed by atoms with van der Waals surface area (Å²) in [5.41, 5.74) is 0.997. The van der Waals surface area contributed by atoms with Crippen molar-refractivity contribution >= 4 is 11.6 Å². The Morgan fingerprint density at radius 1 is 1.41 bits per heavy atom. The first kappa shape index (κ1) is 12.0. The Kier molecular flexibility index (Phi) is 3.71. The van der Waals surface area contributed by atoms with Crippen LogP contribution in [0.3, 0.4) is 0 Å². The maximum absolute atomic E-state index is 5.86. The summed E-state index contributed by atoms with van der Waals surface area (Å²) in [5.74, 6) is 1.48. The minimum atomic E-state index is 0.593. The van der Waals surface area contributed by atoms with Crippen LogP contribution in [-0.4, -0.2) is 26.3 Å². The van der Waals surface area contributed by atoms with Crippen molar-refractivity contribution < 1.29 is 0 Å². The smallest absolute Gasteiger partial charge is 0.161 e. The molecule has 0 fully saturated rings. The van der Waals surface area contributed by atoms with Crippen molar-refractivity contribution in [3.05, 3.63) is 35.0 Å². The molecule has 17 heavy (non-hydrogen) atoms. The molecule has 0 radical (unpaired) electrons. The first-order valence-corrected chi connectivity index (χ1v) is 5.82. The van der Waals surface area contributed by atoms with Gasteiger partial charge in [-0.2, -0.15) is 5.10 Å². The van der Waals surface area contributed by atoms with Gasteiger partial charge in [0.2, 0.25) is 0 Å². The van der Waals surface area contributed by atoms with Crippen molar-refractivity contribution in [1.82, 2.24) is 25.1 Å². The molecule has 0 aromatic carbocycles. The summed E-state index contributed by atoms with van der Waals surface area (Å²) in [4.78, 5) is 8.60. The maximum atomic E-state index is 5.86. The third kappa shape index (κ3) is 2.81. The SMILES string of the molecule is CCNCc1cnc(C)nc1-n1cc(Cl)cn1. The van der Waals surface area contributed by atoms with E-state index < -0.39 is 0 Å².